The maximum absolute atomic E-state index is 12.3. The zero-order valence-corrected chi connectivity index (χ0v) is 9.98. The average Bonchev–Trinajstić information content (AvgIpc) is 2.75. The highest BCUT2D eigenvalue weighted by molar-refractivity contribution is 5.72. The predicted molar refractivity (Wildman–Crippen MR) is 62.9 cm³/mol. The van der Waals surface area contributed by atoms with Gasteiger partial charge in [-0.05, 0) is 24.3 Å². The molecule has 1 aromatic carbocycles. The third-order valence-electron chi connectivity index (χ3n) is 2.63. The summed E-state index contributed by atoms with van der Waals surface area (Å²) in [6.07, 6.45) is -3.73. The molecule has 4 nitrogen and oxygen atoms in total. The van der Waals surface area contributed by atoms with Gasteiger partial charge in [-0.1, -0.05) is 0 Å². The molecule has 1 atom stereocenters. The molecule has 1 aromatic rings. The number of rotatable bonds is 4. The highest BCUT2D eigenvalue weighted by Gasteiger charge is 2.30. The molecule has 0 fully saturated rings. The van der Waals surface area contributed by atoms with Crippen LogP contribution in [0.25, 0.3) is 0 Å². The van der Waals surface area contributed by atoms with Crippen molar-refractivity contribution in [1.29, 1.82) is 0 Å². The molecule has 1 heterocycles. The van der Waals surface area contributed by atoms with E-state index in [4.69, 9.17) is 15.2 Å². The van der Waals surface area contributed by atoms with Gasteiger partial charge >= 0.3 is 6.18 Å². The van der Waals surface area contributed by atoms with Gasteiger partial charge in [0.2, 0.25) is 0 Å². The number of aliphatic imine (C=N–C) groups is 1. The first-order valence-corrected chi connectivity index (χ1v) is 5.71. The summed E-state index contributed by atoms with van der Waals surface area (Å²) in [5, 5.41) is 0. The highest BCUT2D eigenvalue weighted by Crippen LogP contribution is 2.30. The summed E-state index contributed by atoms with van der Waals surface area (Å²) in [5.74, 6) is 0.392. The summed E-state index contributed by atoms with van der Waals surface area (Å²) in [7, 11) is 0. The van der Waals surface area contributed by atoms with Gasteiger partial charge in [-0.3, -0.25) is 0 Å². The number of alkyl halides is 3. The minimum atomic E-state index is -4.33. The van der Waals surface area contributed by atoms with Gasteiger partial charge in [0.1, 0.15) is 12.4 Å². The zero-order valence-electron chi connectivity index (χ0n) is 9.98. The van der Waals surface area contributed by atoms with Crippen molar-refractivity contribution in [3.63, 3.8) is 0 Å². The van der Waals surface area contributed by atoms with Crippen molar-refractivity contribution in [2.45, 2.75) is 18.6 Å². The lowest BCUT2D eigenvalue weighted by molar-refractivity contribution is -0.137. The first-order chi connectivity index (χ1) is 8.95. The normalized spacial score (nSPS) is 18.9. The maximum Gasteiger partial charge on any atom is 0.416 e. The van der Waals surface area contributed by atoms with E-state index in [0.717, 1.165) is 12.1 Å². The van der Waals surface area contributed by atoms with Crippen molar-refractivity contribution in [2.24, 2.45) is 10.7 Å². The second-order valence-corrected chi connectivity index (χ2v) is 4.09. The molecular formula is C12H13F3N2O2. The molecule has 7 heteroatoms. The fourth-order valence-electron chi connectivity index (χ4n) is 1.64. The SMILES string of the molecule is NC1=NC(CCOc2ccc(C(F)(F)F)cc2)CO1. The minimum absolute atomic E-state index is 0.0468. The standard InChI is InChI=1S/C12H13F3N2O2/c13-12(14,15)8-1-3-10(4-2-8)18-6-5-9-7-19-11(16)17-9/h1-4,9H,5-7H2,(H2,16,17). The largest absolute Gasteiger partial charge is 0.494 e. The summed E-state index contributed by atoms with van der Waals surface area (Å²) >= 11 is 0. The molecule has 0 radical (unpaired) electrons. The van der Waals surface area contributed by atoms with Crippen LogP contribution in [0.5, 0.6) is 5.75 Å². The van der Waals surface area contributed by atoms with Gasteiger partial charge < -0.3 is 15.2 Å². The molecule has 19 heavy (non-hydrogen) atoms. The van der Waals surface area contributed by atoms with Crippen LogP contribution in [0.2, 0.25) is 0 Å². The van der Waals surface area contributed by atoms with E-state index in [1.165, 1.54) is 12.1 Å². The van der Waals surface area contributed by atoms with Gasteiger partial charge in [-0.25, -0.2) is 4.99 Å². The van der Waals surface area contributed by atoms with Crippen LogP contribution in [0.4, 0.5) is 13.2 Å². The Morgan fingerprint density at radius 1 is 1.32 bits per heavy atom. The fourth-order valence-corrected chi connectivity index (χ4v) is 1.64. The molecule has 1 aliphatic rings. The first kappa shape index (κ1) is 13.5. The predicted octanol–water partition coefficient (Wildman–Crippen LogP) is 2.19. The topological polar surface area (TPSA) is 56.8 Å². The summed E-state index contributed by atoms with van der Waals surface area (Å²) in [4.78, 5) is 4.01. The van der Waals surface area contributed by atoms with Gasteiger partial charge in [0.15, 0.2) is 0 Å². The third-order valence-corrected chi connectivity index (χ3v) is 2.63. The second-order valence-electron chi connectivity index (χ2n) is 4.09. The van der Waals surface area contributed by atoms with Gasteiger partial charge in [-0.2, -0.15) is 13.2 Å². The molecule has 1 unspecified atom stereocenters. The maximum atomic E-state index is 12.3. The van der Waals surface area contributed by atoms with Crippen LogP contribution in [0.3, 0.4) is 0 Å². The summed E-state index contributed by atoms with van der Waals surface area (Å²) < 4.78 is 47.3. The lowest BCUT2D eigenvalue weighted by atomic mass is 10.2. The van der Waals surface area contributed by atoms with Crippen molar-refractivity contribution in [3.05, 3.63) is 29.8 Å². The quantitative estimate of drug-likeness (QED) is 0.915. The monoisotopic (exact) mass is 274 g/mol. The molecule has 0 saturated heterocycles. The number of hydrogen-bond acceptors (Lipinski definition) is 4. The van der Waals surface area contributed by atoms with Crippen molar-refractivity contribution in [3.8, 4) is 5.75 Å². The molecule has 0 aliphatic carbocycles. The lowest BCUT2D eigenvalue weighted by Crippen LogP contribution is -2.12. The number of halogens is 3. The molecule has 2 N–H and O–H groups in total. The van der Waals surface area contributed by atoms with Gasteiger partial charge in [0.25, 0.3) is 6.02 Å². The molecule has 0 saturated carbocycles. The van der Waals surface area contributed by atoms with Crippen LogP contribution < -0.4 is 10.5 Å². The lowest BCUT2D eigenvalue weighted by Gasteiger charge is -2.10. The Balaban J connectivity index is 1.80. The molecular weight excluding hydrogens is 261 g/mol. The van der Waals surface area contributed by atoms with Crippen molar-refractivity contribution >= 4 is 6.02 Å². The molecule has 1 aliphatic heterocycles. The van der Waals surface area contributed by atoms with Crippen molar-refractivity contribution in [2.75, 3.05) is 13.2 Å². The Hall–Kier alpha value is -1.92. The summed E-state index contributed by atoms with van der Waals surface area (Å²) in [6, 6.07) is 4.69. The molecule has 0 amide bonds. The van der Waals surface area contributed by atoms with Crippen LogP contribution >= 0.6 is 0 Å². The van der Waals surface area contributed by atoms with Gasteiger partial charge in [-0.15, -0.1) is 0 Å². The Labute approximate surface area is 108 Å². The fraction of sp³-hybridized carbons (Fsp3) is 0.417. The Kier molecular flexibility index (Phi) is 3.82. The summed E-state index contributed by atoms with van der Waals surface area (Å²) in [6.45, 7) is 0.762. The second kappa shape index (κ2) is 5.38. The Morgan fingerprint density at radius 3 is 2.53 bits per heavy atom. The molecule has 2 rings (SSSR count). The van der Waals surface area contributed by atoms with E-state index >= 15 is 0 Å². The zero-order chi connectivity index (χ0) is 13.9. The van der Waals surface area contributed by atoms with Gasteiger partial charge in [0, 0.05) is 6.42 Å². The van der Waals surface area contributed by atoms with Crippen LogP contribution in [0.1, 0.15) is 12.0 Å². The number of amidine groups is 1. The van der Waals surface area contributed by atoms with Crippen molar-refractivity contribution < 1.29 is 22.6 Å². The number of nitrogens with two attached hydrogens (primary N) is 1. The summed E-state index contributed by atoms with van der Waals surface area (Å²) in [5.41, 5.74) is 4.65. The van der Waals surface area contributed by atoms with E-state index in [2.05, 4.69) is 4.99 Å². The minimum Gasteiger partial charge on any atom is -0.494 e. The van der Waals surface area contributed by atoms with Crippen LogP contribution in [-0.2, 0) is 10.9 Å². The number of hydrogen-bond donors (Lipinski definition) is 1. The van der Waals surface area contributed by atoms with E-state index in [1.807, 2.05) is 0 Å². The smallest absolute Gasteiger partial charge is 0.416 e. The average molecular weight is 274 g/mol. The molecule has 0 aromatic heterocycles. The number of benzene rings is 1. The van der Waals surface area contributed by atoms with Crippen LogP contribution in [0, 0.1) is 0 Å². The van der Waals surface area contributed by atoms with E-state index in [9.17, 15) is 13.2 Å². The third kappa shape index (κ3) is 3.77. The highest BCUT2D eigenvalue weighted by atomic mass is 19.4. The van der Waals surface area contributed by atoms with Crippen LogP contribution in [-0.4, -0.2) is 25.3 Å². The van der Waals surface area contributed by atoms with E-state index < -0.39 is 11.7 Å². The van der Waals surface area contributed by atoms with E-state index in [-0.39, 0.29) is 12.1 Å². The Morgan fingerprint density at radius 2 is 2.00 bits per heavy atom. The first-order valence-electron chi connectivity index (χ1n) is 5.71. The van der Waals surface area contributed by atoms with Crippen molar-refractivity contribution in [1.82, 2.24) is 0 Å². The molecule has 104 valence electrons. The van der Waals surface area contributed by atoms with E-state index in [0.29, 0.717) is 25.4 Å². The van der Waals surface area contributed by atoms with Gasteiger partial charge in [0.05, 0.1) is 18.2 Å². The number of nitrogens with zero attached hydrogens (tertiary/aromatic N) is 1. The Bertz CT molecular complexity index is 457. The number of ether oxygens (including phenoxy) is 2. The van der Waals surface area contributed by atoms with E-state index in [1.54, 1.807) is 0 Å². The van der Waals surface area contributed by atoms with Crippen LogP contribution in [0.15, 0.2) is 29.3 Å². The molecule has 0 bridgehead atoms. The molecule has 0 spiro atoms.